The Morgan fingerprint density at radius 3 is 2.77 bits per heavy atom. The van der Waals surface area contributed by atoms with Crippen molar-refractivity contribution in [2.45, 2.75) is 19.1 Å². The maximum absolute atomic E-state index is 6.61. The molecule has 6 rings (SSSR count). The number of ether oxygens (including phenoxy) is 2. The lowest BCUT2D eigenvalue weighted by Crippen LogP contribution is -2.32. The van der Waals surface area contributed by atoms with E-state index in [-0.39, 0.29) is 12.1 Å². The van der Waals surface area contributed by atoms with E-state index in [1.807, 2.05) is 22.9 Å². The summed E-state index contributed by atoms with van der Waals surface area (Å²) in [6, 6.07) is 18.6. The molecule has 6 nitrogen and oxygen atoms in total. The number of methoxy groups -OCH3 is 1. The van der Waals surface area contributed by atoms with Crippen molar-refractivity contribution in [3.63, 3.8) is 0 Å². The van der Waals surface area contributed by atoms with Gasteiger partial charge in [0.05, 0.1) is 12.8 Å². The first-order valence-corrected chi connectivity index (χ1v) is 11.0. The van der Waals surface area contributed by atoms with Gasteiger partial charge in [-0.25, -0.2) is 4.68 Å². The number of rotatable bonds is 3. The van der Waals surface area contributed by atoms with Crippen molar-refractivity contribution in [2.24, 2.45) is 0 Å². The van der Waals surface area contributed by atoms with Crippen molar-refractivity contribution >= 4 is 23.0 Å². The molecule has 2 unspecified atom stereocenters. The van der Waals surface area contributed by atoms with Gasteiger partial charge in [0.25, 0.3) is 0 Å². The minimum atomic E-state index is -0.230. The van der Waals surface area contributed by atoms with Gasteiger partial charge in [0, 0.05) is 16.0 Å². The summed E-state index contributed by atoms with van der Waals surface area (Å²) in [6.07, 6.45) is 1.36. The Morgan fingerprint density at radius 2 is 2.00 bits per heavy atom. The molecule has 1 N–H and O–H groups in total. The molecule has 0 spiro atoms. The summed E-state index contributed by atoms with van der Waals surface area (Å²) in [5.41, 5.74) is 5.45. The summed E-state index contributed by atoms with van der Waals surface area (Å²) in [5.74, 6) is 2.32. The van der Waals surface area contributed by atoms with Crippen LogP contribution in [-0.2, 0) is 0 Å². The number of nitrogens with one attached hydrogen (secondary N) is 1. The number of thiophene rings is 1. The van der Waals surface area contributed by atoms with Gasteiger partial charge >= 0.3 is 0 Å². The van der Waals surface area contributed by atoms with Gasteiger partial charge in [-0.1, -0.05) is 35.9 Å². The highest BCUT2D eigenvalue weighted by atomic mass is 32.1. The Kier molecular flexibility index (Phi) is 4.11. The summed E-state index contributed by atoms with van der Waals surface area (Å²) in [5, 5.41) is 10.2. The molecule has 0 radical (unpaired) electrons. The van der Waals surface area contributed by atoms with E-state index in [1.165, 1.54) is 5.56 Å². The average molecular weight is 429 g/mol. The molecule has 2 aromatic carbocycles. The first-order valence-electron chi connectivity index (χ1n) is 10.1. The van der Waals surface area contributed by atoms with Crippen molar-refractivity contribution in [3.8, 4) is 11.5 Å². The molecule has 2 aliphatic heterocycles. The number of nitrogens with zero attached hydrogens (tertiary/aromatic N) is 3. The fraction of sp³-hybridized carbons (Fsp3) is 0.167. The highest BCUT2D eigenvalue weighted by Gasteiger charge is 2.41. The standard InChI is InChI=1S/C24H20N4O2S/c1-14-5-7-15(8-6-14)22-20-21(27-24-25-13-26-28(22)24)17-12-16(29-2)9-10-18(17)30-23(20)19-4-3-11-31-19/h3-13,22-23H,1-2H3,(H,25,26,27). The molecule has 4 heterocycles. The van der Waals surface area contributed by atoms with Gasteiger partial charge in [0.15, 0.2) is 6.10 Å². The summed E-state index contributed by atoms with van der Waals surface area (Å²) in [7, 11) is 1.68. The SMILES string of the molecule is COc1ccc2c(c1)C1=C(C(c3cccs3)O2)C(c2ccc(C)cc2)n2ncnc2N1. The van der Waals surface area contributed by atoms with Crippen LogP contribution in [0.3, 0.4) is 0 Å². The van der Waals surface area contributed by atoms with Crippen molar-refractivity contribution < 1.29 is 9.47 Å². The Hall–Kier alpha value is -3.58. The molecule has 2 aliphatic rings. The zero-order valence-corrected chi connectivity index (χ0v) is 17.9. The first-order chi connectivity index (χ1) is 15.2. The van der Waals surface area contributed by atoms with Crippen LogP contribution in [0.5, 0.6) is 11.5 Å². The van der Waals surface area contributed by atoms with Crippen LogP contribution in [0.4, 0.5) is 5.95 Å². The second kappa shape index (κ2) is 6.99. The van der Waals surface area contributed by atoms with Crippen LogP contribution < -0.4 is 14.8 Å². The fourth-order valence-corrected chi connectivity index (χ4v) is 5.09. The third-order valence-electron chi connectivity index (χ3n) is 5.82. The number of anilines is 1. The molecule has 0 amide bonds. The molecule has 0 saturated carbocycles. The van der Waals surface area contributed by atoms with E-state index < -0.39 is 0 Å². The number of fused-ring (bicyclic) bond motifs is 3. The average Bonchev–Trinajstić information content (AvgIpc) is 3.49. The smallest absolute Gasteiger partial charge is 0.226 e. The van der Waals surface area contributed by atoms with Gasteiger partial charge in [-0.15, -0.1) is 11.3 Å². The highest BCUT2D eigenvalue weighted by Crippen LogP contribution is 2.51. The number of benzene rings is 2. The fourth-order valence-electron chi connectivity index (χ4n) is 4.32. The summed E-state index contributed by atoms with van der Waals surface area (Å²) < 4.78 is 14.1. The largest absolute Gasteiger partial charge is 0.497 e. The topological polar surface area (TPSA) is 61.2 Å². The second-order valence-corrected chi connectivity index (χ2v) is 8.65. The van der Waals surface area contributed by atoms with Crippen LogP contribution in [0.2, 0.25) is 0 Å². The maximum atomic E-state index is 6.61. The summed E-state index contributed by atoms with van der Waals surface area (Å²) >= 11 is 1.69. The van der Waals surface area contributed by atoms with Gasteiger partial charge in [-0.3, -0.25) is 0 Å². The van der Waals surface area contributed by atoms with E-state index in [4.69, 9.17) is 9.47 Å². The number of hydrogen-bond donors (Lipinski definition) is 1. The number of aromatic nitrogens is 3. The molecule has 31 heavy (non-hydrogen) atoms. The monoisotopic (exact) mass is 428 g/mol. The van der Waals surface area contributed by atoms with Gasteiger partial charge in [-0.2, -0.15) is 10.1 Å². The Morgan fingerprint density at radius 1 is 1.13 bits per heavy atom. The van der Waals surface area contributed by atoms with Gasteiger partial charge in [0.1, 0.15) is 23.9 Å². The van der Waals surface area contributed by atoms with Gasteiger partial charge in [0.2, 0.25) is 5.95 Å². The quantitative estimate of drug-likeness (QED) is 0.485. The number of aryl methyl sites for hydroxylation is 1. The van der Waals surface area contributed by atoms with Crippen LogP contribution in [0.15, 0.2) is 71.9 Å². The third-order valence-corrected chi connectivity index (χ3v) is 6.73. The minimum absolute atomic E-state index is 0.138. The Bertz CT molecular complexity index is 1290. The Balaban J connectivity index is 1.63. The van der Waals surface area contributed by atoms with E-state index >= 15 is 0 Å². The lowest BCUT2D eigenvalue weighted by molar-refractivity contribution is 0.226. The molecule has 2 aromatic heterocycles. The molecule has 0 bridgehead atoms. The molecule has 154 valence electrons. The second-order valence-electron chi connectivity index (χ2n) is 7.67. The third kappa shape index (κ3) is 2.84. The predicted octanol–water partition coefficient (Wildman–Crippen LogP) is 5.22. The van der Waals surface area contributed by atoms with E-state index in [9.17, 15) is 0 Å². The van der Waals surface area contributed by atoms with Crippen molar-refractivity contribution in [2.75, 3.05) is 12.4 Å². The zero-order chi connectivity index (χ0) is 20.9. The predicted molar refractivity (Wildman–Crippen MR) is 121 cm³/mol. The molecule has 0 saturated heterocycles. The molecule has 4 aromatic rings. The molecule has 7 heteroatoms. The lowest BCUT2D eigenvalue weighted by atomic mass is 9.86. The van der Waals surface area contributed by atoms with Crippen LogP contribution in [0, 0.1) is 6.92 Å². The zero-order valence-electron chi connectivity index (χ0n) is 17.1. The minimum Gasteiger partial charge on any atom is -0.497 e. The van der Waals surface area contributed by atoms with Gasteiger partial charge in [-0.05, 0) is 42.1 Å². The van der Waals surface area contributed by atoms with Crippen LogP contribution in [0.25, 0.3) is 5.70 Å². The van der Waals surface area contributed by atoms with E-state index in [0.29, 0.717) is 5.95 Å². The summed E-state index contributed by atoms with van der Waals surface area (Å²) in [4.78, 5) is 5.63. The van der Waals surface area contributed by atoms with Gasteiger partial charge < -0.3 is 14.8 Å². The summed E-state index contributed by atoms with van der Waals surface area (Å²) in [6.45, 7) is 2.10. The van der Waals surface area contributed by atoms with E-state index in [0.717, 1.165) is 38.8 Å². The van der Waals surface area contributed by atoms with E-state index in [2.05, 4.69) is 64.1 Å². The Labute approximate surface area is 183 Å². The van der Waals surface area contributed by atoms with Crippen molar-refractivity contribution in [3.05, 3.63) is 93.4 Å². The van der Waals surface area contributed by atoms with Crippen molar-refractivity contribution in [1.82, 2.24) is 14.8 Å². The molecule has 2 atom stereocenters. The lowest BCUT2D eigenvalue weighted by Gasteiger charge is -2.38. The normalized spacial score (nSPS) is 19.0. The van der Waals surface area contributed by atoms with Crippen molar-refractivity contribution in [1.29, 1.82) is 0 Å². The molecule has 0 aliphatic carbocycles. The van der Waals surface area contributed by atoms with E-state index in [1.54, 1.807) is 24.8 Å². The molecular formula is C24H20N4O2S. The first kappa shape index (κ1) is 18.2. The maximum Gasteiger partial charge on any atom is 0.226 e. The highest BCUT2D eigenvalue weighted by molar-refractivity contribution is 7.10. The molecular weight excluding hydrogens is 408 g/mol. The molecule has 0 fully saturated rings. The van der Waals surface area contributed by atoms with Crippen LogP contribution in [-0.4, -0.2) is 21.9 Å². The van der Waals surface area contributed by atoms with Crippen LogP contribution in [0.1, 0.15) is 33.7 Å². The number of hydrogen-bond acceptors (Lipinski definition) is 6. The van der Waals surface area contributed by atoms with Crippen LogP contribution >= 0.6 is 11.3 Å².